The van der Waals surface area contributed by atoms with Gasteiger partial charge in [0.1, 0.15) is 0 Å². The Labute approximate surface area is 256 Å². The SMILES string of the molecule is N#Cc1ccc(S(=O)(=O)N2c3ccc(C(=O)NCc4ncc(C(F)(F)F)cc4Cl)cc3C3(CCSCC3)[C@H]2C2CC2)cc1. The summed E-state index contributed by atoms with van der Waals surface area (Å²) in [6.07, 6.45) is -0.546. The van der Waals surface area contributed by atoms with Gasteiger partial charge >= 0.3 is 6.18 Å². The van der Waals surface area contributed by atoms with Crippen molar-refractivity contribution in [2.24, 2.45) is 5.92 Å². The van der Waals surface area contributed by atoms with Gasteiger partial charge in [-0.1, -0.05) is 11.6 Å². The second-order valence-corrected chi connectivity index (χ2v) is 14.5. The number of alkyl halides is 3. The number of pyridine rings is 1. The monoisotopic (exact) mass is 646 g/mol. The van der Waals surface area contributed by atoms with Gasteiger partial charge in [0, 0.05) is 17.2 Å². The lowest BCUT2D eigenvalue weighted by atomic mass is 9.70. The summed E-state index contributed by atoms with van der Waals surface area (Å²) in [5.74, 6) is 1.44. The predicted molar refractivity (Wildman–Crippen MR) is 157 cm³/mol. The Morgan fingerprint density at radius 2 is 1.84 bits per heavy atom. The number of hydrogen-bond acceptors (Lipinski definition) is 6. The van der Waals surface area contributed by atoms with Crippen molar-refractivity contribution in [3.8, 4) is 6.07 Å². The Hall–Kier alpha value is -3.27. The van der Waals surface area contributed by atoms with E-state index in [0.29, 0.717) is 23.0 Å². The first-order valence-corrected chi connectivity index (χ1v) is 16.7. The van der Waals surface area contributed by atoms with Crippen molar-refractivity contribution in [3.05, 3.63) is 87.7 Å². The van der Waals surface area contributed by atoms with Gasteiger partial charge in [-0.25, -0.2) is 8.42 Å². The number of carbonyl (C=O) groups excluding carboxylic acids is 1. The number of halogens is 4. The zero-order valence-electron chi connectivity index (χ0n) is 22.7. The Kier molecular flexibility index (Phi) is 7.63. The van der Waals surface area contributed by atoms with Crippen molar-refractivity contribution in [2.75, 3.05) is 15.8 Å². The van der Waals surface area contributed by atoms with E-state index in [9.17, 15) is 31.6 Å². The highest BCUT2D eigenvalue weighted by Crippen LogP contribution is 2.59. The van der Waals surface area contributed by atoms with Crippen molar-refractivity contribution in [3.63, 3.8) is 0 Å². The summed E-state index contributed by atoms with van der Waals surface area (Å²) in [7, 11) is -3.99. The molecule has 3 heterocycles. The van der Waals surface area contributed by atoms with Crippen LogP contribution in [0, 0.1) is 17.2 Å². The number of nitrogens with one attached hydrogen (secondary N) is 1. The molecule has 2 aliphatic heterocycles. The number of fused-ring (bicyclic) bond motifs is 2. The molecule has 3 aromatic rings. The molecule has 2 fully saturated rings. The van der Waals surface area contributed by atoms with Gasteiger partial charge in [0.25, 0.3) is 15.9 Å². The molecule has 1 aliphatic carbocycles. The highest BCUT2D eigenvalue weighted by Gasteiger charge is 2.59. The fourth-order valence-corrected chi connectivity index (χ4v) is 9.52. The Morgan fingerprint density at radius 1 is 1.14 bits per heavy atom. The lowest BCUT2D eigenvalue weighted by Crippen LogP contribution is -2.50. The molecule has 0 bridgehead atoms. The number of sulfonamides is 1. The molecule has 1 atom stereocenters. The van der Waals surface area contributed by atoms with Gasteiger partial charge in [0.2, 0.25) is 0 Å². The first kappa shape index (κ1) is 29.8. The number of nitrogens with zero attached hydrogens (tertiary/aromatic N) is 3. The van der Waals surface area contributed by atoms with Crippen LogP contribution >= 0.6 is 23.4 Å². The minimum Gasteiger partial charge on any atom is -0.346 e. The van der Waals surface area contributed by atoms with E-state index in [4.69, 9.17) is 11.6 Å². The van der Waals surface area contributed by atoms with Gasteiger partial charge in [-0.05, 0) is 97.2 Å². The van der Waals surface area contributed by atoms with E-state index in [0.717, 1.165) is 48.8 Å². The van der Waals surface area contributed by atoms with Gasteiger partial charge in [-0.15, -0.1) is 0 Å². The van der Waals surface area contributed by atoms with Gasteiger partial charge < -0.3 is 5.32 Å². The van der Waals surface area contributed by atoms with Crippen LogP contribution in [-0.2, 0) is 28.2 Å². The summed E-state index contributed by atoms with van der Waals surface area (Å²) in [6, 6.07) is 13.4. The molecule has 6 rings (SSSR count). The van der Waals surface area contributed by atoms with Crippen molar-refractivity contribution in [1.82, 2.24) is 10.3 Å². The molecule has 7 nitrogen and oxygen atoms in total. The highest BCUT2D eigenvalue weighted by atomic mass is 35.5. The number of carbonyl (C=O) groups is 1. The van der Waals surface area contributed by atoms with Crippen molar-refractivity contribution in [2.45, 2.75) is 54.8 Å². The van der Waals surface area contributed by atoms with Crippen LogP contribution in [0.2, 0.25) is 5.02 Å². The minimum atomic E-state index is -4.59. The number of anilines is 1. The van der Waals surface area contributed by atoms with Crippen LogP contribution in [-0.4, -0.2) is 36.9 Å². The number of thioether (sulfide) groups is 1. The Morgan fingerprint density at radius 3 is 2.44 bits per heavy atom. The molecule has 13 heteroatoms. The third-order valence-corrected chi connectivity index (χ3v) is 11.6. The number of rotatable bonds is 6. The Balaban J connectivity index is 1.35. The molecule has 1 amide bonds. The maximum atomic E-state index is 14.2. The van der Waals surface area contributed by atoms with Crippen LogP contribution < -0.4 is 9.62 Å². The molecule has 43 heavy (non-hydrogen) atoms. The first-order chi connectivity index (χ1) is 20.5. The van der Waals surface area contributed by atoms with Gasteiger partial charge in [0.05, 0.1) is 51.1 Å². The van der Waals surface area contributed by atoms with Crippen molar-refractivity contribution < 1.29 is 26.4 Å². The zero-order chi connectivity index (χ0) is 30.6. The van der Waals surface area contributed by atoms with E-state index < -0.39 is 33.1 Å². The molecule has 224 valence electrons. The average molecular weight is 647 g/mol. The molecular weight excluding hydrogens is 621 g/mol. The predicted octanol–water partition coefficient (Wildman–Crippen LogP) is 6.31. The number of amides is 1. The molecular formula is C30H26ClF3N4O3S2. The van der Waals surface area contributed by atoms with E-state index in [1.54, 1.807) is 22.5 Å². The molecule has 1 saturated heterocycles. The van der Waals surface area contributed by atoms with E-state index >= 15 is 0 Å². The third-order valence-electron chi connectivity index (χ3n) is 8.51. The van der Waals surface area contributed by atoms with Gasteiger partial charge in [-0.3, -0.25) is 14.1 Å². The maximum absolute atomic E-state index is 14.2. The number of benzene rings is 2. The molecule has 0 radical (unpaired) electrons. The van der Waals surface area contributed by atoms with Crippen LogP contribution in [0.15, 0.2) is 59.6 Å². The second kappa shape index (κ2) is 11.0. The fourth-order valence-electron chi connectivity index (χ4n) is 6.27. The van der Waals surface area contributed by atoms with Crippen molar-refractivity contribution >= 4 is 45.0 Å². The van der Waals surface area contributed by atoms with E-state index in [1.807, 2.05) is 17.8 Å². The number of nitriles is 1. The first-order valence-electron chi connectivity index (χ1n) is 13.7. The fraction of sp³-hybridized carbons (Fsp3) is 0.367. The molecule has 1 aromatic heterocycles. The molecule has 1 N–H and O–H groups in total. The molecule has 1 spiro atoms. The second-order valence-electron chi connectivity index (χ2n) is 11.1. The van der Waals surface area contributed by atoms with E-state index in [2.05, 4.69) is 10.3 Å². The van der Waals surface area contributed by atoms with E-state index in [-0.39, 0.29) is 34.1 Å². The molecule has 2 aromatic carbocycles. The van der Waals surface area contributed by atoms with Crippen LogP contribution in [0.4, 0.5) is 18.9 Å². The molecule has 3 aliphatic rings. The summed E-state index contributed by atoms with van der Waals surface area (Å²) in [5, 5.41) is 11.7. The van der Waals surface area contributed by atoms with E-state index in [1.165, 1.54) is 24.3 Å². The zero-order valence-corrected chi connectivity index (χ0v) is 25.1. The van der Waals surface area contributed by atoms with Crippen molar-refractivity contribution in [1.29, 1.82) is 5.26 Å². The summed E-state index contributed by atoms with van der Waals surface area (Å²) in [6.45, 7) is -0.182. The van der Waals surface area contributed by atoms with Gasteiger partial charge in [-0.2, -0.15) is 30.2 Å². The third kappa shape index (κ3) is 5.36. The summed E-state index contributed by atoms with van der Waals surface area (Å²) in [4.78, 5) is 17.2. The normalized spacial score (nSPS) is 19.6. The van der Waals surface area contributed by atoms with Gasteiger partial charge in [0.15, 0.2) is 0 Å². The lowest BCUT2D eigenvalue weighted by molar-refractivity contribution is -0.137. The van der Waals surface area contributed by atoms with Crippen LogP contribution in [0.5, 0.6) is 0 Å². The minimum absolute atomic E-state index is 0.0958. The molecule has 1 saturated carbocycles. The summed E-state index contributed by atoms with van der Waals surface area (Å²) in [5.41, 5.74) is 0.703. The van der Waals surface area contributed by atoms with Crippen LogP contribution in [0.25, 0.3) is 0 Å². The lowest BCUT2D eigenvalue weighted by Gasteiger charge is -2.41. The average Bonchev–Trinajstić information content (AvgIpc) is 3.80. The smallest absolute Gasteiger partial charge is 0.346 e. The van der Waals surface area contributed by atoms with Crippen LogP contribution in [0.3, 0.4) is 0 Å². The Bertz CT molecular complexity index is 1730. The largest absolute Gasteiger partial charge is 0.417 e. The number of aromatic nitrogens is 1. The standard InChI is InChI=1S/C30H26ClF3N4O3S2/c31-24-14-21(30(32,33)34)16-36-25(24)17-37-28(39)20-5-8-26-23(13-20)29(9-11-42-12-10-29)27(19-3-4-19)38(26)43(40,41)22-6-1-18(15-35)2-7-22/h1-2,5-8,13-14,16,19,27H,3-4,9-12,17H2,(H,37,39)/t27-/m1/s1. The van der Waals surface area contributed by atoms with Crippen LogP contribution in [0.1, 0.15) is 58.4 Å². The topological polar surface area (TPSA) is 103 Å². The maximum Gasteiger partial charge on any atom is 0.417 e. The summed E-state index contributed by atoms with van der Waals surface area (Å²) >= 11 is 7.85. The molecule has 0 unspecified atom stereocenters. The summed E-state index contributed by atoms with van der Waals surface area (Å²) < 4.78 is 69.0. The number of hydrogen-bond donors (Lipinski definition) is 1. The quantitative estimate of drug-likeness (QED) is 0.337. The highest BCUT2D eigenvalue weighted by molar-refractivity contribution is 7.99.